The molecule has 0 spiro atoms. The summed E-state index contributed by atoms with van der Waals surface area (Å²) in [7, 11) is -3.89. The number of carboxylic acid groups (broad SMARTS) is 1. The molecular formula is C11H9BrClN3O4S. The molecule has 0 amide bonds. The molecule has 0 radical (unpaired) electrons. The van der Waals surface area contributed by atoms with Gasteiger partial charge >= 0.3 is 5.97 Å². The van der Waals surface area contributed by atoms with Crippen molar-refractivity contribution in [2.24, 2.45) is 0 Å². The Bertz CT molecular complexity index is 777. The number of carboxylic acids is 1. The average molecular weight is 395 g/mol. The molecule has 0 saturated heterocycles. The Morgan fingerprint density at radius 2 is 2.19 bits per heavy atom. The smallest absolute Gasteiger partial charge is 0.337 e. The number of aromatic nitrogens is 2. The number of hydrogen-bond acceptors (Lipinski definition) is 4. The summed E-state index contributed by atoms with van der Waals surface area (Å²) in [6.07, 6.45) is 3.05. The molecule has 1 aromatic carbocycles. The van der Waals surface area contributed by atoms with Crippen LogP contribution in [-0.4, -0.2) is 29.5 Å². The number of hydrogen-bond donors (Lipinski definition) is 3. The van der Waals surface area contributed by atoms with Gasteiger partial charge in [0.25, 0.3) is 0 Å². The largest absolute Gasteiger partial charge is 0.478 e. The van der Waals surface area contributed by atoms with Crippen LogP contribution in [0.3, 0.4) is 0 Å². The summed E-state index contributed by atoms with van der Waals surface area (Å²) < 4.78 is 26.8. The lowest BCUT2D eigenvalue weighted by Crippen LogP contribution is -2.24. The number of carbonyl (C=O) groups is 1. The number of aromatic amines is 1. The molecular weight excluding hydrogens is 386 g/mol. The Morgan fingerprint density at radius 1 is 1.48 bits per heavy atom. The van der Waals surface area contributed by atoms with Gasteiger partial charge in [0.05, 0.1) is 22.0 Å². The van der Waals surface area contributed by atoms with E-state index in [4.69, 9.17) is 16.7 Å². The number of benzene rings is 1. The van der Waals surface area contributed by atoms with E-state index in [-0.39, 0.29) is 26.5 Å². The van der Waals surface area contributed by atoms with Crippen molar-refractivity contribution in [3.8, 4) is 0 Å². The molecule has 3 N–H and O–H groups in total. The number of imidazole rings is 1. The summed E-state index contributed by atoms with van der Waals surface area (Å²) >= 11 is 8.85. The van der Waals surface area contributed by atoms with E-state index in [1.807, 2.05) is 0 Å². The second-order valence-corrected chi connectivity index (χ2v) is 6.93. The van der Waals surface area contributed by atoms with Crippen molar-refractivity contribution in [3.63, 3.8) is 0 Å². The summed E-state index contributed by atoms with van der Waals surface area (Å²) in [5.41, 5.74) is -0.301. The zero-order valence-electron chi connectivity index (χ0n) is 10.3. The van der Waals surface area contributed by atoms with Gasteiger partial charge in [-0.3, -0.25) is 0 Å². The predicted octanol–water partition coefficient (Wildman–Crippen LogP) is 2.00. The average Bonchev–Trinajstić information content (AvgIpc) is 2.92. The molecule has 1 aromatic heterocycles. The zero-order valence-corrected chi connectivity index (χ0v) is 13.5. The number of aromatic carboxylic acids is 1. The quantitative estimate of drug-likeness (QED) is 0.718. The SMILES string of the molecule is O=C(O)c1cc(S(=O)(=O)NCc2ncc[nH]2)cc(Br)c1Cl. The van der Waals surface area contributed by atoms with Gasteiger partial charge in [-0.25, -0.2) is 22.9 Å². The molecule has 0 aliphatic heterocycles. The van der Waals surface area contributed by atoms with Crippen LogP contribution in [-0.2, 0) is 16.6 Å². The van der Waals surface area contributed by atoms with Crippen LogP contribution >= 0.6 is 27.5 Å². The van der Waals surface area contributed by atoms with Crippen molar-refractivity contribution in [1.29, 1.82) is 0 Å². The first kappa shape index (κ1) is 16.0. The molecule has 0 aliphatic carbocycles. The molecule has 2 rings (SSSR count). The maximum Gasteiger partial charge on any atom is 0.337 e. The molecule has 7 nitrogen and oxygen atoms in total. The molecule has 0 unspecified atom stereocenters. The highest BCUT2D eigenvalue weighted by Gasteiger charge is 2.21. The standard InChI is InChI=1S/C11H9BrClN3O4S/c12-8-4-6(3-7(10(8)13)11(17)18)21(19,20)16-5-9-14-1-2-15-9/h1-4,16H,5H2,(H,14,15)(H,17,18). The molecule has 0 atom stereocenters. The minimum Gasteiger partial charge on any atom is -0.478 e. The van der Waals surface area contributed by atoms with E-state index in [0.29, 0.717) is 5.82 Å². The molecule has 0 saturated carbocycles. The molecule has 0 fully saturated rings. The van der Waals surface area contributed by atoms with E-state index < -0.39 is 16.0 Å². The Balaban J connectivity index is 2.33. The van der Waals surface area contributed by atoms with Crippen molar-refractivity contribution in [2.75, 3.05) is 0 Å². The minimum absolute atomic E-state index is 0.0437. The van der Waals surface area contributed by atoms with Crippen LogP contribution in [0, 0.1) is 0 Å². The molecule has 10 heteroatoms. The maximum absolute atomic E-state index is 12.2. The van der Waals surface area contributed by atoms with Gasteiger partial charge in [0.15, 0.2) is 0 Å². The van der Waals surface area contributed by atoms with Crippen molar-refractivity contribution in [3.05, 3.63) is 45.4 Å². The first-order valence-electron chi connectivity index (χ1n) is 5.51. The van der Waals surface area contributed by atoms with Crippen LogP contribution in [0.4, 0.5) is 0 Å². The van der Waals surface area contributed by atoms with E-state index in [0.717, 1.165) is 6.07 Å². The van der Waals surface area contributed by atoms with Gasteiger partial charge in [-0.1, -0.05) is 11.6 Å². The first-order chi connectivity index (χ1) is 9.81. The fourth-order valence-corrected chi connectivity index (χ4v) is 3.36. The van der Waals surface area contributed by atoms with Gasteiger partial charge in [0.2, 0.25) is 10.0 Å². The lowest BCUT2D eigenvalue weighted by Gasteiger charge is -2.09. The molecule has 112 valence electrons. The monoisotopic (exact) mass is 393 g/mol. The second kappa shape index (κ2) is 6.14. The van der Waals surface area contributed by atoms with Crippen LogP contribution in [0.2, 0.25) is 5.02 Å². The van der Waals surface area contributed by atoms with Crippen LogP contribution in [0.15, 0.2) is 33.9 Å². The van der Waals surface area contributed by atoms with Gasteiger partial charge < -0.3 is 10.1 Å². The zero-order chi connectivity index (χ0) is 15.6. The number of H-pyrrole nitrogens is 1. The van der Waals surface area contributed by atoms with E-state index >= 15 is 0 Å². The summed E-state index contributed by atoms with van der Waals surface area (Å²) in [6.45, 7) is -0.0437. The summed E-state index contributed by atoms with van der Waals surface area (Å²) in [5.74, 6) is -0.881. The highest BCUT2D eigenvalue weighted by atomic mass is 79.9. The summed E-state index contributed by atoms with van der Waals surface area (Å²) in [5, 5.41) is 8.96. The van der Waals surface area contributed by atoms with Crippen molar-refractivity contribution in [2.45, 2.75) is 11.4 Å². The minimum atomic E-state index is -3.89. The van der Waals surface area contributed by atoms with Gasteiger partial charge in [-0.15, -0.1) is 0 Å². The Hall–Kier alpha value is -1.42. The van der Waals surface area contributed by atoms with Gasteiger partial charge in [-0.2, -0.15) is 0 Å². The second-order valence-electron chi connectivity index (χ2n) is 3.93. The van der Waals surface area contributed by atoms with Crippen molar-refractivity contribution < 1.29 is 18.3 Å². The lowest BCUT2D eigenvalue weighted by molar-refractivity contribution is 0.0696. The molecule has 21 heavy (non-hydrogen) atoms. The van der Waals surface area contributed by atoms with Gasteiger partial charge in [0.1, 0.15) is 5.82 Å². The lowest BCUT2D eigenvalue weighted by atomic mass is 10.2. The highest BCUT2D eigenvalue weighted by Crippen LogP contribution is 2.29. The third-order valence-corrected chi connectivity index (χ3v) is 5.17. The normalized spacial score (nSPS) is 11.5. The molecule has 0 aliphatic rings. The van der Waals surface area contributed by atoms with E-state index in [2.05, 4.69) is 30.6 Å². The van der Waals surface area contributed by atoms with E-state index in [9.17, 15) is 13.2 Å². The van der Waals surface area contributed by atoms with Gasteiger partial charge in [-0.05, 0) is 28.1 Å². The number of nitrogens with zero attached hydrogens (tertiary/aromatic N) is 1. The summed E-state index contributed by atoms with van der Waals surface area (Å²) in [4.78, 5) is 17.5. The third kappa shape index (κ3) is 3.62. The van der Waals surface area contributed by atoms with Crippen LogP contribution in [0.1, 0.15) is 16.2 Å². The van der Waals surface area contributed by atoms with Crippen molar-refractivity contribution in [1.82, 2.24) is 14.7 Å². The number of nitrogens with one attached hydrogen (secondary N) is 2. The number of rotatable bonds is 5. The van der Waals surface area contributed by atoms with E-state index in [1.54, 1.807) is 6.20 Å². The van der Waals surface area contributed by atoms with Crippen LogP contribution in [0.5, 0.6) is 0 Å². The first-order valence-corrected chi connectivity index (χ1v) is 8.17. The number of sulfonamides is 1. The molecule has 0 bridgehead atoms. The molecule has 1 heterocycles. The van der Waals surface area contributed by atoms with Crippen molar-refractivity contribution >= 4 is 43.5 Å². The topological polar surface area (TPSA) is 112 Å². The Kier molecular flexibility index (Phi) is 4.67. The maximum atomic E-state index is 12.2. The van der Waals surface area contributed by atoms with Crippen LogP contribution in [0.25, 0.3) is 0 Å². The number of halogens is 2. The fraction of sp³-hybridized carbons (Fsp3) is 0.0909. The van der Waals surface area contributed by atoms with Gasteiger partial charge in [0, 0.05) is 16.9 Å². The molecule has 2 aromatic rings. The predicted molar refractivity (Wildman–Crippen MR) is 78.7 cm³/mol. The highest BCUT2D eigenvalue weighted by molar-refractivity contribution is 9.10. The van der Waals surface area contributed by atoms with E-state index in [1.165, 1.54) is 12.3 Å². The Labute approximate surface area is 133 Å². The van der Waals surface area contributed by atoms with Crippen LogP contribution < -0.4 is 4.72 Å². The fourth-order valence-electron chi connectivity index (χ4n) is 1.52. The summed E-state index contributed by atoms with van der Waals surface area (Å²) in [6, 6.07) is 2.24. The Morgan fingerprint density at radius 3 is 2.76 bits per heavy atom. The third-order valence-electron chi connectivity index (χ3n) is 2.53.